The molecule has 0 aliphatic heterocycles. The van der Waals surface area contributed by atoms with Crippen LogP contribution in [0.2, 0.25) is 0 Å². The Morgan fingerprint density at radius 1 is 0.818 bits per heavy atom. The van der Waals surface area contributed by atoms with Crippen molar-refractivity contribution < 1.29 is 9.59 Å². The Morgan fingerprint density at radius 2 is 1.32 bits per heavy atom. The fourth-order valence-electron chi connectivity index (χ4n) is 2.11. The van der Waals surface area contributed by atoms with Crippen molar-refractivity contribution >= 4 is 23.2 Å². The summed E-state index contributed by atoms with van der Waals surface area (Å²) >= 11 is 0. The molecule has 0 atom stereocenters. The third-order valence-corrected chi connectivity index (χ3v) is 3.53. The van der Waals surface area contributed by atoms with Gasteiger partial charge in [0.25, 0.3) is 0 Å². The molecular formula is C18H20N2O2. The molecule has 0 aliphatic carbocycles. The Kier molecular flexibility index (Phi) is 4.61. The van der Waals surface area contributed by atoms with Gasteiger partial charge < -0.3 is 10.6 Å². The van der Waals surface area contributed by atoms with Crippen molar-refractivity contribution in [3.8, 4) is 0 Å². The van der Waals surface area contributed by atoms with E-state index < -0.39 is 5.41 Å². The summed E-state index contributed by atoms with van der Waals surface area (Å²) in [5.41, 5.74) is 1.73. The average Bonchev–Trinajstić information content (AvgIpc) is 2.49. The molecule has 4 nitrogen and oxygen atoms in total. The molecule has 0 saturated carbocycles. The van der Waals surface area contributed by atoms with E-state index in [0.29, 0.717) is 11.4 Å². The molecule has 2 aromatic carbocycles. The number of anilines is 2. The highest BCUT2D eigenvalue weighted by atomic mass is 16.2. The van der Waals surface area contributed by atoms with Crippen molar-refractivity contribution in [2.24, 2.45) is 0 Å². The maximum absolute atomic E-state index is 12.5. The number of nitrogens with one attached hydrogen (secondary N) is 2. The van der Waals surface area contributed by atoms with Gasteiger partial charge in [-0.05, 0) is 43.7 Å². The van der Waals surface area contributed by atoms with Crippen LogP contribution in [-0.2, 0) is 15.0 Å². The maximum Gasteiger partial charge on any atom is 0.234 e. The molecule has 2 N–H and O–H groups in total. The molecule has 0 radical (unpaired) electrons. The molecule has 0 spiro atoms. The average molecular weight is 296 g/mol. The molecule has 22 heavy (non-hydrogen) atoms. The third-order valence-electron chi connectivity index (χ3n) is 3.53. The Balaban J connectivity index is 2.10. The first-order valence-corrected chi connectivity index (χ1v) is 7.14. The van der Waals surface area contributed by atoms with E-state index in [0.717, 1.165) is 5.56 Å². The van der Waals surface area contributed by atoms with Crippen molar-refractivity contribution in [2.75, 3.05) is 10.6 Å². The zero-order valence-corrected chi connectivity index (χ0v) is 13.0. The summed E-state index contributed by atoms with van der Waals surface area (Å²) in [6, 6.07) is 16.7. The SMILES string of the molecule is CC(=O)Nc1ccc(NC(=O)C(C)(C)c2ccccc2)cc1. The minimum absolute atomic E-state index is 0.0778. The molecule has 0 aromatic heterocycles. The summed E-state index contributed by atoms with van der Waals surface area (Å²) in [5, 5.41) is 5.60. The Labute approximate surface area is 130 Å². The summed E-state index contributed by atoms with van der Waals surface area (Å²) in [6.07, 6.45) is 0. The number of hydrogen-bond acceptors (Lipinski definition) is 2. The minimum Gasteiger partial charge on any atom is -0.326 e. The van der Waals surface area contributed by atoms with Crippen LogP contribution in [0, 0.1) is 0 Å². The van der Waals surface area contributed by atoms with E-state index in [4.69, 9.17) is 0 Å². The van der Waals surface area contributed by atoms with Gasteiger partial charge in [0, 0.05) is 18.3 Å². The molecule has 0 aliphatic rings. The summed E-state index contributed by atoms with van der Waals surface area (Å²) in [7, 11) is 0. The van der Waals surface area contributed by atoms with Crippen LogP contribution in [0.25, 0.3) is 0 Å². The lowest BCUT2D eigenvalue weighted by Crippen LogP contribution is -2.34. The first-order valence-electron chi connectivity index (χ1n) is 7.14. The first-order chi connectivity index (χ1) is 10.4. The van der Waals surface area contributed by atoms with E-state index in [2.05, 4.69) is 10.6 Å². The smallest absolute Gasteiger partial charge is 0.234 e. The van der Waals surface area contributed by atoms with Crippen LogP contribution >= 0.6 is 0 Å². The number of carbonyl (C=O) groups excluding carboxylic acids is 2. The third kappa shape index (κ3) is 3.73. The van der Waals surface area contributed by atoms with Crippen molar-refractivity contribution in [3.63, 3.8) is 0 Å². The highest BCUT2D eigenvalue weighted by molar-refractivity contribution is 5.98. The number of hydrogen-bond donors (Lipinski definition) is 2. The number of carbonyl (C=O) groups is 2. The summed E-state index contributed by atoms with van der Waals surface area (Å²) < 4.78 is 0. The Bertz CT molecular complexity index is 661. The van der Waals surface area contributed by atoms with Gasteiger partial charge in [0.2, 0.25) is 11.8 Å². The normalized spacial score (nSPS) is 10.9. The monoisotopic (exact) mass is 296 g/mol. The topological polar surface area (TPSA) is 58.2 Å². The van der Waals surface area contributed by atoms with Gasteiger partial charge >= 0.3 is 0 Å². The van der Waals surface area contributed by atoms with Crippen LogP contribution in [0.5, 0.6) is 0 Å². The molecule has 0 unspecified atom stereocenters. The zero-order valence-electron chi connectivity index (χ0n) is 13.0. The molecular weight excluding hydrogens is 276 g/mol. The fraction of sp³-hybridized carbons (Fsp3) is 0.222. The lowest BCUT2D eigenvalue weighted by molar-refractivity contribution is -0.120. The minimum atomic E-state index is -0.627. The number of benzene rings is 2. The van der Waals surface area contributed by atoms with Crippen LogP contribution < -0.4 is 10.6 Å². The maximum atomic E-state index is 12.5. The largest absolute Gasteiger partial charge is 0.326 e. The predicted molar refractivity (Wildman–Crippen MR) is 88.8 cm³/mol. The van der Waals surface area contributed by atoms with Gasteiger partial charge in [0.1, 0.15) is 0 Å². The van der Waals surface area contributed by atoms with Gasteiger partial charge in [0.15, 0.2) is 0 Å². The van der Waals surface area contributed by atoms with Crippen molar-refractivity contribution in [1.29, 1.82) is 0 Å². The van der Waals surface area contributed by atoms with Crippen LogP contribution in [0.3, 0.4) is 0 Å². The Hall–Kier alpha value is -2.62. The van der Waals surface area contributed by atoms with Crippen molar-refractivity contribution in [1.82, 2.24) is 0 Å². The molecule has 0 bridgehead atoms. The van der Waals surface area contributed by atoms with Gasteiger partial charge in [-0.25, -0.2) is 0 Å². The van der Waals surface area contributed by atoms with E-state index in [-0.39, 0.29) is 11.8 Å². The highest BCUT2D eigenvalue weighted by Gasteiger charge is 2.29. The quantitative estimate of drug-likeness (QED) is 0.906. The second kappa shape index (κ2) is 6.43. The second-order valence-electron chi connectivity index (χ2n) is 5.70. The first kappa shape index (κ1) is 15.8. The van der Waals surface area contributed by atoms with Gasteiger partial charge in [-0.1, -0.05) is 30.3 Å². The van der Waals surface area contributed by atoms with Crippen molar-refractivity contribution in [3.05, 3.63) is 60.2 Å². The summed E-state index contributed by atoms with van der Waals surface area (Å²) in [4.78, 5) is 23.5. The molecule has 2 amide bonds. The van der Waals surface area contributed by atoms with Gasteiger partial charge in [-0.2, -0.15) is 0 Å². The molecule has 4 heteroatoms. The summed E-state index contributed by atoms with van der Waals surface area (Å²) in [5.74, 6) is -0.201. The fourth-order valence-corrected chi connectivity index (χ4v) is 2.11. The van der Waals surface area contributed by atoms with Crippen LogP contribution in [-0.4, -0.2) is 11.8 Å². The lowest BCUT2D eigenvalue weighted by atomic mass is 9.83. The number of amides is 2. The summed E-state index contributed by atoms with van der Waals surface area (Å²) in [6.45, 7) is 5.24. The van der Waals surface area contributed by atoms with Gasteiger partial charge in [-0.15, -0.1) is 0 Å². The number of rotatable bonds is 4. The van der Waals surface area contributed by atoms with Gasteiger partial charge in [-0.3, -0.25) is 9.59 Å². The van der Waals surface area contributed by atoms with E-state index >= 15 is 0 Å². The standard InChI is InChI=1S/C18H20N2O2/c1-13(21)19-15-9-11-16(12-10-15)20-17(22)18(2,3)14-7-5-4-6-8-14/h4-12H,1-3H3,(H,19,21)(H,20,22). The molecule has 2 rings (SSSR count). The Morgan fingerprint density at radius 3 is 1.82 bits per heavy atom. The van der Waals surface area contributed by atoms with Crippen LogP contribution in [0.15, 0.2) is 54.6 Å². The molecule has 0 saturated heterocycles. The van der Waals surface area contributed by atoms with Crippen molar-refractivity contribution in [2.45, 2.75) is 26.2 Å². The van der Waals surface area contributed by atoms with Crippen LogP contribution in [0.1, 0.15) is 26.3 Å². The zero-order chi connectivity index (χ0) is 16.2. The second-order valence-corrected chi connectivity index (χ2v) is 5.70. The predicted octanol–water partition coefficient (Wildman–Crippen LogP) is 3.56. The van der Waals surface area contributed by atoms with Crippen LogP contribution in [0.4, 0.5) is 11.4 Å². The molecule has 114 valence electrons. The lowest BCUT2D eigenvalue weighted by Gasteiger charge is -2.24. The van der Waals surface area contributed by atoms with E-state index in [1.165, 1.54) is 6.92 Å². The van der Waals surface area contributed by atoms with E-state index in [1.54, 1.807) is 24.3 Å². The van der Waals surface area contributed by atoms with Gasteiger partial charge in [0.05, 0.1) is 5.41 Å². The van der Waals surface area contributed by atoms with E-state index in [9.17, 15) is 9.59 Å². The molecule has 0 heterocycles. The molecule has 2 aromatic rings. The highest BCUT2D eigenvalue weighted by Crippen LogP contribution is 2.25. The van der Waals surface area contributed by atoms with E-state index in [1.807, 2.05) is 44.2 Å². The molecule has 0 fully saturated rings.